The number of nitrogens with one attached hydrogen (secondary N) is 2. The molecule has 2 aliphatic heterocycles. The summed E-state index contributed by atoms with van der Waals surface area (Å²) in [5.41, 5.74) is 0. The van der Waals surface area contributed by atoms with Gasteiger partial charge in [0.05, 0.1) is 25.4 Å². The van der Waals surface area contributed by atoms with Gasteiger partial charge in [0.15, 0.2) is 5.78 Å². The first-order valence-corrected chi connectivity index (χ1v) is 34.3. The zero-order valence-corrected chi connectivity index (χ0v) is 61.6. The van der Waals surface area contributed by atoms with Crippen molar-refractivity contribution in [3.05, 3.63) is 12.2 Å². The maximum Gasteiger partial charge on any atom is 0.246 e. The van der Waals surface area contributed by atoms with E-state index in [1.54, 1.807) is 86.3 Å². The summed E-state index contributed by atoms with van der Waals surface area (Å²) in [7, 11) is 10.0. The molecule has 3 N–H and O–H groups in total. The zero-order chi connectivity index (χ0) is 72.2. The minimum Gasteiger partial charge on any atom is -0.390 e. The molecule has 14 atom stereocenters. The molecule has 10 amide bonds. The van der Waals surface area contributed by atoms with Crippen molar-refractivity contribution in [3.63, 3.8) is 0 Å². The third kappa shape index (κ3) is 22.7. The van der Waals surface area contributed by atoms with Gasteiger partial charge in [0.2, 0.25) is 59.1 Å². The molecule has 2 heterocycles. The molecule has 0 radical (unpaired) electrons. The molecule has 24 heteroatoms. The second kappa shape index (κ2) is 38.4. The standard InChI is InChI=1S/C70H122N10O14/c1-25-27-28-46(14)61(84)60-63(86)71-50(26-2)66(89)73(18)49(17)65(88)78(23)59(45(13)29-30-56(83)80-31-33-94-34-32-80)62(85)72-57(43(9)10)69(92)74(19)51(35-40(3)4)55(82)38-47(15)54(81)39-48(16)64(87)75(20)52(36-41(5)6)67(90)76(21)53(37-42(7)8)68(91)77(22)58(44(11)12)70(93)79(60)24/h25,27,40-53,57-61,84H,26,28-39H2,1-24H3,(H,71,86)(H,72,85)/b27-25+/t45-,46-,47-,48+,49-,50+,51+,52+,53+,57+,58+,59+,60+,61-/m1/s1. The van der Waals surface area contributed by atoms with Gasteiger partial charge in [0.25, 0.3) is 0 Å². The Morgan fingerprint density at radius 1 is 0.532 bits per heavy atom. The van der Waals surface area contributed by atoms with E-state index >= 15 is 24.0 Å². The smallest absolute Gasteiger partial charge is 0.246 e. The van der Waals surface area contributed by atoms with Crippen LogP contribution in [-0.4, -0.2) is 251 Å². The number of aliphatic hydroxyl groups excluding tert-OH is 1. The molecule has 0 bridgehead atoms. The van der Waals surface area contributed by atoms with Gasteiger partial charge in [-0.3, -0.25) is 57.5 Å². The molecule has 536 valence electrons. The van der Waals surface area contributed by atoms with Gasteiger partial charge in [0, 0.05) is 93.5 Å². The van der Waals surface area contributed by atoms with E-state index in [9.17, 15) is 38.7 Å². The fourth-order valence-corrected chi connectivity index (χ4v) is 12.8. The highest BCUT2D eigenvalue weighted by Gasteiger charge is 2.46. The van der Waals surface area contributed by atoms with Crippen LogP contribution in [0, 0.1) is 53.3 Å². The average Bonchev–Trinajstić information content (AvgIpc) is 0.812. The lowest BCUT2D eigenvalue weighted by Gasteiger charge is -2.41. The molecule has 0 unspecified atom stereocenters. The lowest BCUT2D eigenvalue weighted by atomic mass is 9.88. The van der Waals surface area contributed by atoms with Crippen LogP contribution in [0.5, 0.6) is 0 Å². The van der Waals surface area contributed by atoms with Gasteiger partial charge >= 0.3 is 0 Å². The minimum atomic E-state index is -1.64. The van der Waals surface area contributed by atoms with Gasteiger partial charge in [-0.25, -0.2) is 0 Å². The van der Waals surface area contributed by atoms with Crippen molar-refractivity contribution in [1.82, 2.24) is 49.8 Å². The normalized spacial score (nSPS) is 27.7. The third-order valence-electron chi connectivity index (χ3n) is 19.1. The van der Waals surface area contributed by atoms with Gasteiger partial charge < -0.3 is 59.7 Å². The van der Waals surface area contributed by atoms with E-state index in [1.807, 2.05) is 41.5 Å². The highest BCUT2D eigenvalue weighted by atomic mass is 16.5. The van der Waals surface area contributed by atoms with Gasteiger partial charge in [0.1, 0.15) is 54.1 Å². The number of amides is 10. The summed E-state index contributed by atoms with van der Waals surface area (Å²) in [6, 6.07) is -11.4. The number of ether oxygens (including phenoxy) is 1. The number of carbonyl (C=O) groups is 12. The lowest BCUT2D eigenvalue weighted by Crippen LogP contribution is -2.64. The Morgan fingerprint density at radius 3 is 1.48 bits per heavy atom. The fraction of sp³-hybridized carbons (Fsp3) is 0.800. The van der Waals surface area contributed by atoms with E-state index in [2.05, 4.69) is 10.6 Å². The monoisotopic (exact) mass is 1330 g/mol. The summed E-state index contributed by atoms with van der Waals surface area (Å²) < 4.78 is 5.45. The van der Waals surface area contributed by atoms with Crippen LogP contribution in [-0.2, 0) is 62.3 Å². The Morgan fingerprint density at radius 2 is 0.989 bits per heavy atom. The number of Topliss-reactive ketones (excluding diaryl/α,β-unsaturated/α-hetero) is 2. The number of allylic oxidation sites excluding steroid dienone is 2. The van der Waals surface area contributed by atoms with Crippen LogP contribution in [0.2, 0.25) is 0 Å². The Balaban J connectivity index is 3.05. The maximum absolute atomic E-state index is 15.3. The minimum absolute atomic E-state index is 0.00784. The molecule has 24 nitrogen and oxygen atoms in total. The maximum atomic E-state index is 15.3. The molecule has 0 aliphatic carbocycles. The fourth-order valence-electron chi connectivity index (χ4n) is 12.8. The highest BCUT2D eigenvalue weighted by Crippen LogP contribution is 2.28. The van der Waals surface area contributed by atoms with Crippen LogP contribution >= 0.6 is 0 Å². The van der Waals surface area contributed by atoms with Crippen molar-refractivity contribution in [2.45, 2.75) is 236 Å². The summed E-state index contributed by atoms with van der Waals surface area (Å²) >= 11 is 0. The second-order valence-corrected chi connectivity index (χ2v) is 29.0. The van der Waals surface area contributed by atoms with Crippen molar-refractivity contribution >= 4 is 70.6 Å². The number of rotatable bonds is 17. The SMILES string of the molecule is C/C=C/C[C@@H](C)[C@@H](O)[C@H]1C(=O)N[C@@H](CC)C(=O)N(C)[C@H](C)C(=O)N(C)[C@@H]([C@H](C)CCC(=O)N2CCOCC2)C(=O)N[C@@H](C(C)C)C(=O)N(C)[C@@H](CC(C)C)C(=O)C[C@@H](C)C(=O)C[C@H](C)C(=O)N(C)[C@@H](CC(C)C)C(=O)N(C)[C@@H](CC(C)C)C(=O)N(C)[C@@H](C(C)C)C(=O)N1C. The number of ketones is 2. The zero-order valence-electron chi connectivity index (χ0n) is 61.6. The Bertz CT molecular complexity index is 2620. The number of likely N-dealkylation sites (N-methyl/N-ethyl adjacent to an activating group) is 7. The van der Waals surface area contributed by atoms with Crippen LogP contribution < -0.4 is 10.6 Å². The molecule has 2 fully saturated rings. The number of hydrogen-bond acceptors (Lipinski definition) is 14. The Kier molecular flexibility index (Phi) is 34.3. The van der Waals surface area contributed by atoms with Gasteiger partial charge in [-0.05, 0) is 93.8 Å². The summed E-state index contributed by atoms with van der Waals surface area (Å²) in [5.74, 6) is -11.9. The largest absolute Gasteiger partial charge is 0.390 e. The van der Waals surface area contributed by atoms with Gasteiger partial charge in [-0.1, -0.05) is 116 Å². The lowest BCUT2D eigenvalue weighted by molar-refractivity contribution is -0.157. The number of morpholine rings is 1. The molecule has 0 spiro atoms. The number of nitrogens with zero attached hydrogens (tertiary/aromatic N) is 8. The van der Waals surface area contributed by atoms with E-state index < -0.39 is 161 Å². The Labute approximate surface area is 562 Å². The quantitative estimate of drug-likeness (QED) is 0.161. The molecule has 94 heavy (non-hydrogen) atoms. The topological polar surface area (TPSA) is 284 Å². The number of aliphatic hydroxyl groups is 1. The molecule has 2 saturated heterocycles. The van der Waals surface area contributed by atoms with Crippen LogP contribution in [0.15, 0.2) is 12.2 Å². The summed E-state index contributed by atoms with van der Waals surface area (Å²) in [6.45, 7) is 31.2. The molecule has 0 aromatic heterocycles. The first-order chi connectivity index (χ1) is 43.6. The first kappa shape index (κ1) is 83.8. The van der Waals surface area contributed by atoms with E-state index in [1.165, 1.54) is 80.8 Å². The molecule has 0 aromatic carbocycles. The molecule has 2 rings (SSSR count). The summed E-state index contributed by atoms with van der Waals surface area (Å²) in [6.07, 6.45) is 2.43. The second-order valence-electron chi connectivity index (χ2n) is 29.0. The predicted molar refractivity (Wildman–Crippen MR) is 362 cm³/mol. The van der Waals surface area contributed by atoms with Crippen molar-refractivity contribution in [2.24, 2.45) is 53.3 Å². The van der Waals surface area contributed by atoms with Crippen LogP contribution in [0.4, 0.5) is 0 Å². The van der Waals surface area contributed by atoms with Gasteiger partial charge in [-0.2, -0.15) is 0 Å². The molecular weight excluding hydrogens is 1200 g/mol. The Hall–Kier alpha value is -6.30. The van der Waals surface area contributed by atoms with Crippen LogP contribution in [0.1, 0.15) is 175 Å². The number of carbonyl (C=O) groups excluding carboxylic acids is 12. The first-order valence-electron chi connectivity index (χ1n) is 34.3. The van der Waals surface area contributed by atoms with Gasteiger partial charge in [-0.15, -0.1) is 0 Å². The van der Waals surface area contributed by atoms with Crippen molar-refractivity contribution < 1.29 is 67.4 Å². The molecule has 2 aliphatic rings. The average molecular weight is 1330 g/mol. The summed E-state index contributed by atoms with van der Waals surface area (Å²) in [4.78, 5) is 188. The van der Waals surface area contributed by atoms with E-state index in [0.717, 1.165) is 9.80 Å². The highest BCUT2D eigenvalue weighted by molar-refractivity contribution is 6.00. The van der Waals surface area contributed by atoms with Crippen molar-refractivity contribution in [1.29, 1.82) is 0 Å². The third-order valence-corrected chi connectivity index (χ3v) is 19.1. The van der Waals surface area contributed by atoms with E-state index in [0.29, 0.717) is 32.7 Å². The van der Waals surface area contributed by atoms with E-state index in [4.69, 9.17) is 4.74 Å². The van der Waals surface area contributed by atoms with Crippen molar-refractivity contribution in [2.75, 3.05) is 75.6 Å². The molecule has 0 aromatic rings. The van der Waals surface area contributed by atoms with Crippen LogP contribution in [0.3, 0.4) is 0 Å². The van der Waals surface area contributed by atoms with Crippen molar-refractivity contribution in [3.8, 4) is 0 Å². The molecule has 0 saturated carbocycles. The van der Waals surface area contributed by atoms with E-state index in [-0.39, 0.29) is 75.0 Å². The molecular formula is C70H122N10O14. The number of hydrogen-bond donors (Lipinski definition) is 3. The summed E-state index contributed by atoms with van der Waals surface area (Å²) in [5, 5.41) is 17.9. The van der Waals surface area contributed by atoms with Crippen LogP contribution in [0.25, 0.3) is 0 Å². The predicted octanol–water partition coefficient (Wildman–Crippen LogP) is 5.07.